The van der Waals surface area contributed by atoms with E-state index in [0.29, 0.717) is 12.1 Å². The van der Waals surface area contributed by atoms with E-state index in [1.54, 1.807) is 10.6 Å². The number of aliphatic carboxylic acids is 1. The maximum absolute atomic E-state index is 11.9. The van der Waals surface area contributed by atoms with Gasteiger partial charge in [-0.2, -0.15) is 0 Å². The van der Waals surface area contributed by atoms with Gasteiger partial charge in [0.05, 0.1) is 12.1 Å². The minimum absolute atomic E-state index is 0.396. The van der Waals surface area contributed by atoms with E-state index in [2.05, 4.69) is 0 Å². The molecule has 0 saturated carbocycles. The lowest BCUT2D eigenvalue weighted by molar-refractivity contribution is -0.131. The molecule has 106 valence electrons. The average Bonchev–Trinajstić information content (AvgIpc) is 3.02. The largest absolute Gasteiger partial charge is 0.478 e. The summed E-state index contributed by atoms with van der Waals surface area (Å²) < 4.78 is 6.74. The zero-order chi connectivity index (χ0) is 14.8. The number of fused-ring (bicyclic) bond motifs is 1. The van der Waals surface area contributed by atoms with Crippen molar-refractivity contribution in [2.24, 2.45) is 0 Å². The van der Waals surface area contributed by atoms with Crippen molar-refractivity contribution in [2.45, 2.75) is 6.54 Å². The Bertz CT molecular complexity index is 884. The highest BCUT2D eigenvalue weighted by atomic mass is 32.1. The summed E-state index contributed by atoms with van der Waals surface area (Å²) in [5.74, 6) is -1.38. The zero-order valence-corrected chi connectivity index (χ0v) is 11.7. The van der Waals surface area contributed by atoms with E-state index >= 15 is 0 Å². The van der Waals surface area contributed by atoms with Crippen molar-refractivity contribution in [1.29, 1.82) is 0 Å². The summed E-state index contributed by atoms with van der Waals surface area (Å²) in [6.07, 6.45) is 2.63. The van der Waals surface area contributed by atoms with Crippen LogP contribution in [-0.2, 0) is 11.3 Å². The number of carboxylic acid groups (broad SMARTS) is 1. The topological polar surface area (TPSA) is 72.4 Å². The van der Waals surface area contributed by atoms with Gasteiger partial charge < -0.3 is 9.52 Å². The van der Waals surface area contributed by atoms with Gasteiger partial charge in [-0.1, -0.05) is 12.1 Å². The third kappa shape index (κ3) is 2.80. The Kier molecular flexibility index (Phi) is 3.45. The fraction of sp³-hybridized carbons (Fsp3) is 0.0667. The summed E-state index contributed by atoms with van der Waals surface area (Å²) in [6.45, 7) is 0.404. The quantitative estimate of drug-likeness (QED) is 0.752. The van der Waals surface area contributed by atoms with E-state index in [0.717, 1.165) is 21.3 Å². The van der Waals surface area contributed by atoms with E-state index in [1.807, 2.05) is 30.3 Å². The van der Waals surface area contributed by atoms with Crippen molar-refractivity contribution < 1.29 is 14.3 Å². The molecule has 0 fully saturated rings. The van der Waals surface area contributed by atoms with Gasteiger partial charge in [0.1, 0.15) is 0 Å². The van der Waals surface area contributed by atoms with Crippen LogP contribution in [0.25, 0.3) is 17.2 Å². The molecule has 3 aromatic rings. The maximum Gasteiger partial charge on any atom is 0.420 e. The van der Waals surface area contributed by atoms with Gasteiger partial charge >= 0.3 is 11.7 Å². The number of para-hydroxylation sites is 2. The van der Waals surface area contributed by atoms with Crippen LogP contribution in [0.15, 0.2) is 51.7 Å². The Morgan fingerprint density at radius 1 is 1.29 bits per heavy atom. The molecule has 2 aromatic heterocycles. The van der Waals surface area contributed by atoms with E-state index < -0.39 is 11.7 Å². The van der Waals surface area contributed by atoms with Gasteiger partial charge in [0, 0.05) is 15.8 Å². The summed E-state index contributed by atoms with van der Waals surface area (Å²) >= 11 is 1.44. The van der Waals surface area contributed by atoms with Crippen LogP contribution < -0.4 is 5.76 Å². The number of thiophene rings is 1. The minimum atomic E-state index is -0.984. The molecule has 0 aliphatic heterocycles. The Hall–Kier alpha value is -2.60. The fourth-order valence-corrected chi connectivity index (χ4v) is 2.95. The van der Waals surface area contributed by atoms with Crippen LogP contribution in [0.3, 0.4) is 0 Å². The van der Waals surface area contributed by atoms with Crippen molar-refractivity contribution >= 4 is 34.5 Å². The van der Waals surface area contributed by atoms with Crippen LogP contribution in [0.4, 0.5) is 0 Å². The van der Waals surface area contributed by atoms with Gasteiger partial charge in [-0.3, -0.25) is 4.57 Å². The van der Waals surface area contributed by atoms with E-state index in [1.165, 1.54) is 17.4 Å². The molecule has 0 unspecified atom stereocenters. The van der Waals surface area contributed by atoms with E-state index in [4.69, 9.17) is 9.52 Å². The molecule has 0 spiro atoms. The second kappa shape index (κ2) is 5.41. The number of hydrogen-bond acceptors (Lipinski definition) is 4. The number of hydrogen-bond donors (Lipinski definition) is 1. The standard InChI is InChI=1S/C15H11NO4S/c17-14(18)8-7-10-5-6-11(21-10)9-16-12-3-1-2-4-13(12)20-15(16)19/h1-8H,9H2,(H,17,18). The molecule has 0 atom stereocenters. The van der Waals surface area contributed by atoms with Gasteiger partial charge in [0.25, 0.3) is 0 Å². The molecule has 3 rings (SSSR count). The maximum atomic E-state index is 11.9. The molecule has 1 N–H and O–H groups in total. The molecular formula is C15H11NO4S. The Balaban J connectivity index is 1.91. The lowest BCUT2D eigenvalue weighted by atomic mass is 10.3. The lowest BCUT2D eigenvalue weighted by Gasteiger charge is -1.98. The third-order valence-corrected chi connectivity index (χ3v) is 4.00. The molecule has 21 heavy (non-hydrogen) atoms. The second-order valence-corrected chi connectivity index (χ2v) is 5.60. The number of oxazole rings is 1. The molecular weight excluding hydrogens is 290 g/mol. The normalized spacial score (nSPS) is 11.4. The van der Waals surface area contributed by atoms with Gasteiger partial charge in [0.2, 0.25) is 0 Å². The first kappa shape index (κ1) is 13.4. The fourth-order valence-electron chi connectivity index (χ4n) is 2.04. The van der Waals surface area contributed by atoms with E-state index in [9.17, 15) is 9.59 Å². The third-order valence-electron chi connectivity index (χ3n) is 2.96. The Morgan fingerprint density at radius 2 is 2.10 bits per heavy atom. The van der Waals surface area contributed by atoms with E-state index in [-0.39, 0.29) is 0 Å². The van der Waals surface area contributed by atoms with Crippen molar-refractivity contribution in [2.75, 3.05) is 0 Å². The summed E-state index contributed by atoms with van der Waals surface area (Å²) in [6, 6.07) is 11.0. The Morgan fingerprint density at radius 3 is 2.90 bits per heavy atom. The van der Waals surface area contributed by atoms with Crippen LogP contribution in [0, 0.1) is 0 Å². The number of carboxylic acids is 1. The van der Waals surface area contributed by atoms with Gasteiger partial charge in [-0.15, -0.1) is 11.3 Å². The van der Waals surface area contributed by atoms with Gasteiger partial charge in [0.15, 0.2) is 5.58 Å². The molecule has 2 heterocycles. The molecule has 0 radical (unpaired) electrons. The summed E-state index contributed by atoms with van der Waals surface area (Å²) in [5.41, 5.74) is 1.31. The van der Waals surface area contributed by atoms with Crippen LogP contribution in [0.5, 0.6) is 0 Å². The predicted octanol–water partition coefficient (Wildman–Crippen LogP) is 2.80. The smallest absolute Gasteiger partial charge is 0.420 e. The van der Waals surface area contributed by atoms with Crippen molar-refractivity contribution in [3.8, 4) is 0 Å². The molecule has 6 heteroatoms. The summed E-state index contributed by atoms with van der Waals surface area (Å²) in [4.78, 5) is 24.1. The Labute approximate surface area is 123 Å². The molecule has 1 aromatic carbocycles. The van der Waals surface area contributed by atoms with Gasteiger partial charge in [-0.05, 0) is 30.3 Å². The van der Waals surface area contributed by atoms with Crippen molar-refractivity contribution in [3.05, 3.63) is 62.8 Å². The highest BCUT2D eigenvalue weighted by Gasteiger charge is 2.09. The monoisotopic (exact) mass is 301 g/mol. The first-order valence-electron chi connectivity index (χ1n) is 6.21. The summed E-state index contributed by atoms with van der Waals surface area (Å²) in [5, 5.41) is 8.60. The van der Waals surface area contributed by atoms with Crippen LogP contribution in [-0.4, -0.2) is 15.6 Å². The molecule has 0 aliphatic carbocycles. The van der Waals surface area contributed by atoms with Crippen molar-refractivity contribution in [1.82, 2.24) is 4.57 Å². The number of aromatic nitrogens is 1. The molecule has 0 saturated heterocycles. The van der Waals surface area contributed by atoms with Crippen molar-refractivity contribution in [3.63, 3.8) is 0 Å². The number of benzene rings is 1. The predicted molar refractivity (Wildman–Crippen MR) is 80.6 cm³/mol. The first-order valence-corrected chi connectivity index (χ1v) is 7.03. The van der Waals surface area contributed by atoms with Crippen LogP contribution in [0.1, 0.15) is 9.75 Å². The molecule has 0 bridgehead atoms. The first-order chi connectivity index (χ1) is 10.1. The van der Waals surface area contributed by atoms with Gasteiger partial charge in [-0.25, -0.2) is 9.59 Å². The number of carbonyl (C=O) groups is 1. The molecule has 5 nitrogen and oxygen atoms in total. The molecule has 0 amide bonds. The zero-order valence-electron chi connectivity index (χ0n) is 10.9. The number of rotatable bonds is 4. The van der Waals surface area contributed by atoms with Crippen LogP contribution in [0.2, 0.25) is 0 Å². The highest BCUT2D eigenvalue weighted by Crippen LogP contribution is 2.20. The average molecular weight is 301 g/mol. The second-order valence-electron chi connectivity index (χ2n) is 4.40. The SMILES string of the molecule is O=C(O)C=Cc1ccc(Cn2c(=O)oc3ccccc32)s1. The highest BCUT2D eigenvalue weighted by molar-refractivity contribution is 7.12. The molecule has 0 aliphatic rings. The minimum Gasteiger partial charge on any atom is -0.478 e. The van der Waals surface area contributed by atoms with Crippen LogP contribution >= 0.6 is 11.3 Å². The summed E-state index contributed by atoms with van der Waals surface area (Å²) in [7, 11) is 0. The number of nitrogens with zero attached hydrogens (tertiary/aromatic N) is 1. The lowest BCUT2D eigenvalue weighted by Crippen LogP contribution is -2.14.